The summed E-state index contributed by atoms with van der Waals surface area (Å²) in [5.41, 5.74) is -1.51. The molecule has 1 aromatic heterocycles. The Bertz CT molecular complexity index is 541. The first-order valence-corrected chi connectivity index (χ1v) is 7.53. The second-order valence-corrected chi connectivity index (χ2v) is 6.33. The molecule has 6 nitrogen and oxygen atoms in total. The molecule has 9 heteroatoms. The summed E-state index contributed by atoms with van der Waals surface area (Å²) in [6.45, 7) is 7.49. The first-order valence-electron chi connectivity index (χ1n) is 7.53. The first-order chi connectivity index (χ1) is 10.9. The Labute approximate surface area is 139 Å². The Morgan fingerprint density at radius 2 is 1.83 bits per heavy atom. The predicted molar refractivity (Wildman–Crippen MR) is 83.6 cm³/mol. The molecule has 0 unspecified atom stereocenters. The van der Waals surface area contributed by atoms with Gasteiger partial charge in [0.1, 0.15) is 5.60 Å². The number of nitrogens with zero attached hydrogens (tertiary/aromatic N) is 3. The second-order valence-electron chi connectivity index (χ2n) is 6.33. The quantitative estimate of drug-likeness (QED) is 0.881. The SMILES string of the molecule is CC[C@@H](CNc1ncc(C(F)(F)F)cn1)N(C)C(=O)OC(C)(C)C. The number of alkyl halides is 3. The van der Waals surface area contributed by atoms with Crippen LogP contribution in [0.2, 0.25) is 0 Å². The van der Waals surface area contributed by atoms with E-state index in [4.69, 9.17) is 4.74 Å². The minimum Gasteiger partial charge on any atom is -0.444 e. The molecule has 1 heterocycles. The fraction of sp³-hybridized carbons (Fsp3) is 0.667. The van der Waals surface area contributed by atoms with Crippen LogP contribution in [0.25, 0.3) is 0 Å². The number of hydrogen-bond acceptors (Lipinski definition) is 5. The van der Waals surface area contributed by atoms with Gasteiger partial charge in [0.05, 0.1) is 11.6 Å². The highest BCUT2D eigenvalue weighted by Gasteiger charge is 2.31. The number of amides is 1. The predicted octanol–water partition coefficient (Wildman–Crippen LogP) is 3.55. The highest BCUT2D eigenvalue weighted by Crippen LogP contribution is 2.28. The van der Waals surface area contributed by atoms with Crippen LogP contribution in [0.3, 0.4) is 0 Å². The van der Waals surface area contributed by atoms with Crippen molar-refractivity contribution in [3.05, 3.63) is 18.0 Å². The first kappa shape index (κ1) is 20.0. The van der Waals surface area contributed by atoms with E-state index in [1.807, 2.05) is 6.92 Å². The lowest BCUT2D eigenvalue weighted by Crippen LogP contribution is -2.43. The van der Waals surface area contributed by atoms with Crippen molar-refractivity contribution in [2.24, 2.45) is 0 Å². The maximum Gasteiger partial charge on any atom is 0.419 e. The lowest BCUT2D eigenvalue weighted by molar-refractivity contribution is -0.138. The molecule has 0 fully saturated rings. The number of halogens is 3. The normalized spacial score (nSPS) is 13.3. The van der Waals surface area contributed by atoms with Crippen LogP contribution >= 0.6 is 0 Å². The summed E-state index contributed by atoms with van der Waals surface area (Å²) in [6, 6.07) is -0.217. The molecular formula is C15H23F3N4O2. The summed E-state index contributed by atoms with van der Waals surface area (Å²) in [7, 11) is 1.61. The Morgan fingerprint density at radius 3 is 2.25 bits per heavy atom. The van der Waals surface area contributed by atoms with Crippen molar-refractivity contribution in [2.75, 3.05) is 18.9 Å². The Kier molecular flexibility index (Phi) is 6.39. The van der Waals surface area contributed by atoms with E-state index in [9.17, 15) is 18.0 Å². The zero-order chi connectivity index (χ0) is 18.5. The van der Waals surface area contributed by atoms with Gasteiger partial charge < -0.3 is 15.0 Å². The monoisotopic (exact) mass is 348 g/mol. The van der Waals surface area contributed by atoms with Crippen molar-refractivity contribution in [3.63, 3.8) is 0 Å². The van der Waals surface area contributed by atoms with E-state index in [1.54, 1.807) is 27.8 Å². The largest absolute Gasteiger partial charge is 0.444 e. The fourth-order valence-electron chi connectivity index (χ4n) is 1.81. The fourth-order valence-corrected chi connectivity index (χ4v) is 1.81. The van der Waals surface area contributed by atoms with Crippen molar-refractivity contribution in [1.82, 2.24) is 14.9 Å². The highest BCUT2D eigenvalue weighted by molar-refractivity contribution is 5.68. The van der Waals surface area contributed by atoms with Gasteiger partial charge in [-0.15, -0.1) is 0 Å². The van der Waals surface area contributed by atoms with Gasteiger partial charge in [0.25, 0.3) is 0 Å². The van der Waals surface area contributed by atoms with Gasteiger partial charge in [-0.2, -0.15) is 13.2 Å². The Hall–Kier alpha value is -2.06. The Balaban J connectivity index is 2.64. The molecule has 136 valence electrons. The van der Waals surface area contributed by atoms with Crippen LogP contribution in [0.5, 0.6) is 0 Å². The molecule has 24 heavy (non-hydrogen) atoms. The zero-order valence-electron chi connectivity index (χ0n) is 14.4. The maximum absolute atomic E-state index is 12.5. The maximum atomic E-state index is 12.5. The summed E-state index contributed by atoms with van der Waals surface area (Å²) in [5, 5.41) is 2.83. The third-order valence-electron chi connectivity index (χ3n) is 3.18. The second kappa shape index (κ2) is 7.67. The van der Waals surface area contributed by atoms with Gasteiger partial charge in [0.2, 0.25) is 5.95 Å². The molecule has 1 N–H and O–H groups in total. The molecule has 0 aromatic carbocycles. The van der Waals surface area contributed by atoms with Crippen LogP contribution in [-0.2, 0) is 10.9 Å². The summed E-state index contributed by atoms with van der Waals surface area (Å²) in [6.07, 6.45) is -2.88. The van der Waals surface area contributed by atoms with Crippen molar-refractivity contribution in [3.8, 4) is 0 Å². The van der Waals surface area contributed by atoms with E-state index in [0.29, 0.717) is 18.8 Å². The van der Waals surface area contributed by atoms with E-state index in [-0.39, 0.29) is 18.5 Å². The van der Waals surface area contributed by atoms with Gasteiger partial charge in [-0.25, -0.2) is 14.8 Å². The Morgan fingerprint density at radius 1 is 1.29 bits per heavy atom. The highest BCUT2D eigenvalue weighted by atomic mass is 19.4. The van der Waals surface area contributed by atoms with Gasteiger partial charge in [-0.05, 0) is 27.2 Å². The van der Waals surface area contributed by atoms with Gasteiger partial charge >= 0.3 is 12.3 Å². The molecule has 0 aliphatic heterocycles. The molecule has 0 aliphatic rings. The number of aromatic nitrogens is 2. The number of nitrogens with one attached hydrogen (secondary N) is 1. The van der Waals surface area contributed by atoms with E-state index < -0.39 is 23.4 Å². The molecule has 1 aromatic rings. The number of anilines is 1. The van der Waals surface area contributed by atoms with Crippen LogP contribution in [0.4, 0.5) is 23.9 Å². The van der Waals surface area contributed by atoms with Crippen molar-refractivity contribution >= 4 is 12.0 Å². The van der Waals surface area contributed by atoms with Crippen molar-refractivity contribution in [2.45, 2.75) is 51.9 Å². The average Bonchev–Trinajstić information content (AvgIpc) is 2.45. The molecular weight excluding hydrogens is 325 g/mol. The number of likely N-dealkylation sites (N-methyl/N-ethyl adjacent to an activating group) is 1. The summed E-state index contributed by atoms with van der Waals surface area (Å²) < 4.78 is 42.7. The number of carbonyl (C=O) groups excluding carboxylic acids is 1. The number of carbonyl (C=O) groups is 1. The van der Waals surface area contributed by atoms with Gasteiger partial charge in [0.15, 0.2) is 0 Å². The summed E-state index contributed by atoms with van der Waals surface area (Å²) in [4.78, 5) is 20.8. The molecule has 0 bridgehead atoms. The smallest absolute Gasteiger partial charge is 0.419 e. The van der Waals surface area contributed by atoms with Crippen LogP contribution in [-0.4, -0.2) is 46.2 Å². The van der Waals surface area contributed by atoms with Crippen LogP contribution in [0.1, 0.15) is 39.7 Å². The molecule has 1 amide bonds. The third kappa shape index (κ3) is 6.21. The zero-order valence-corrected chi connectivity index (χ0v) is 14.4. The van der Waals surface area contributed by atoms with Crippen LogP contribution in [0, 0.1) is 0 Å². The molecule has 0 radical (unpaired) electrons. The van der Waals surface area contributed by atoms with Crippen molar-refractivity contribution < 1.29 is 22.7 Å². The van der Waals surface area contributed by atoms with Crippen LogP contribution < -0.4 is 5.32 Å². The molecule has 0 saturated carbocycles. The molecule has 1 rings (SSSR count). The van der Waals surface area contributed by atoms with E-state index in [1.165, 1.54) is 4.90 Å². The van der Waals surface area contributed by atoms with Gasteiger partial charge in [0, 0.05) is 26.0 Å². The topological polar surface area (TPSA) is 67.4 Å². The summed E-state index contributed by atoms with van der Waals surface area (Å²) in [5.74, 6) is 0.0686. The van der Waals surface area contributed by atoms with Gasteiger partial charge in [-0.3, -0.25) is 0 Å². The van der Waals surface area contributed by atoms with E-state index in [0.717, 1.165) is 0 Å². The summed E-state index contributed by atoms with van der Waals surface area (Å²) >= 11 is 0. The third-order valence-corrected chi connectivity index (χ3v) is 3.18. The van der Waals surface area contributed by atoms with Crippen LogP contribution in [0.15, 0.2) is 12.4 Å². The van der Waals surface area contributed by atoms with E-state index >= 15 is 0 Å². The number of rotatable bonds is 5. The number of ether oxygens (including phenoxy) is 1. The van der Waals surface area contributed by atoms with Gasteiger partial charge in [-0.1, -0.05) is 6.92 Å². The lowest BCUT2D eigenvalue weighted by atomic mass is 10.2. The number of hydrogen-bond donors (Lipinski definition) is 1. The minimum atomic E-state index is -4.47. The minimum absolute atomic E-state index is 0.0686. The molecule has 0 spiro atoms. The molecule has 1 atom stereocenters. The average molecular weight is 348 g/mol. The lowest BCUT2D eigenvalue weighted by Gasteiger charge is -2.30. The van der Waals surface area contributed by atoms with E-state index in [2.05, 4.69) is 15.3 Å². The van der Waals surface area contributed by atoms with Crippen molar-refractivity contribution in [1.29, 1.82) is 0 Å². The standard InChI is InChI=1S/C15H23F3N4O2/c1-6-11(22(5)13(23)24-14(2,3)4)9-21-12-19-7-10(8-20-12)15(16,17)18/h7-8,11H,6,9H2,1-5H3,(H,19,20,21)/t11-/m0/s1. The molecule has 0 saturated heterocycles. The molecule has 0 aliphatic carbocycles.